The number of nitrogens with one attached hydrogen (secondary N) is 1. The molecule has 1 aliphatic carbocycles. The van der Waals surface area contributed by atoms with Crippen molar-refractivity contribution in [3.05, 3.63) is 22.8 Å². The number of rotatable bonds is 8. The van der Waals surface area contributed by atoms with Gasteiger partial charge in [-0.3, -0.25) is 0 Å². The van der Waals surface area contributed by atoms with Gasteiger partial charge in [0.15, 0.2) is 5.82 Å². The normalized spacial score (nSPS) is 17.8. The summed E-state index contributed by atoms with van der Waals surface area (Å²) in [7, 11) is 1.77. The quantitative estimate of drug-likeness (QED) is 0.747. The molecule has 1 saturated carbocycles. The Morgan fingerprint density at radius 1 is 1.24 bits per heavy atom. The zero-order chi connectivity index (χ0) is 15.4. The zero-order valence-corrected chi connectivity index (χ0v) is 14.1. The van der Waals surface area contributed by atoms with Gasteiger partial charge in [0.25, 0.3) is 0 Å². The van der Waals surface area contributed by atoms with Crippen LogP contribution in [0.3, 0.4) is 0 Å². The monoisotopic (exact) mass is 291 g/mol. The van der Waals surface area contributed by atoms with Crippen LogP contribution in [-0.4, -0.2) is 30.2 Å². The standard InChI is InChI=1S/C17H29N3O/c1-6-9-18-10-11(2)15-12(3)19-17(20-13(15)4)16(21-5)14-7-8-14/h11,14,16,18H,6-10H2,1-5H3. The summed E-state index contributed by atoms with van der Waals surface area (Å²) in [4.78, 5) is 9.50. The summed E-state index contributed by atoms with van der Waals surface area (Å²) in [6.45, 7) is 10.7. The fraction of sp³-hybridized carbons (Fsp3) is 0.765. The van der Waals surface area contributed by atoms with Gasteiger partial charge in [0.2, 0.25) is 0 Å². The first-order chi connectivity index (χ1) is 10.1. The van der Waals surface area contributed by atoms with E-state index in [9.17, 15) is 0 Å². The van der Waals surface area contributed by atoms with Crippen LogP contribution in [0.1, 0.15) is 67.9 Å². The first-order valence-electron chi connectivity index (χ1n) is 8.17. The molecule has 0 saturated heterocycles. The number of ether oxygens (including phenoxy) is 1. The largest absolute Gasteiger partial charge is 0.373 e. The summed E-state index contributed by atoms with van der Waals surface area (Å²) in [5.74, 6) is 1.92. The molecule has 1 aromatic heterocycles. The molecule has 0 aromatic carbocycles. The summed E-state index contributed by atoms with van der Waals surface area (Å²) in [6, 6.07) is 0. The van der Waals surface area contributed by atoms with Gasteiger partial charge in [-0.2, -0.15) is 0 Å². The first-order valence-corrected chi connectivity index (χ1v) is 8.17. The Labute approximate surface area is 128 Å². The second-order valence-corrected chi connectivity index (χ2v) is 6.27. The predicted octanol–water partition coefficient (Wildman–Crippen LogP) is 3.29. The average molecular weight is 291 g/mol. The van der Waals surface area contributed by atoms with Crippen LogP contribution in [-0.2, 0) is 4.74 Å². The molecule has 118 valence electrons. The Morgan fingerprint density at radius 3 is 2.33 bits per heavy atom. The molecule has 1 aliphatic rings. The van der Waals surface area contributed by atoms with Gasteiger partial charge in [0.05, 0.1) is 0 Å². The predicted molar refractivity (Wildman–Crippen MR) is 85.6 cm³/mol. The molecule has 1 heterocycles. The molecule has 2 unspecified atom stereocenters. The van der Waals surface area contributed by atoms with E-state index < -0.39 is 0 Å². The van der Waals surface area contributed by atoms with Gasteiger partial charge < -0.3 is 10.1 Å². The number of nitrogens with zero attached hydrogens (tertiary/aromatic N) is 2. The maximum Gasteiger partial charge on any atom is 0.157 e. The fourth-order valence-corrected chi connectivity index (χ4v) is 3.10. The number of hydrogen-bond donors (Lipinski definition) is 1. The Kier molecular flexibility index (Phi) is 5.71. The minimum atomic E-state index is 0.0740. The molecule has 0 amide bonds. The van der Waals surface area contributed by atoms with Crippen molar-refractivity contribution >= 4 is 0 Å². The van der Waals surface area contributed by atoms with Gasteiger partial charge in [0.1, 0.15) is 6.10 Å². The van der Waals surface area contributed by atoms with Gasteiger partial charge in [-0.25, -0.2) is 9.97 Å². The van der Waals surface area contributed by atoms with Gasteiger partial charge in [-0.05, 0) is 57.1 Å². The molecule has 0 aliphatic heterocycles. The zero-order valence-electron chi connectivity index (χ0n) is 14.1. The van der Waals surface area contributed by atoms with Gasteiger partial charge in [-0.1, -0.05) is 13.8 Å². The Morgan fingerprint density at radius 2 is 1.86 bits per heavy atom. The average Bonchev–Trinajstić information content (AvgIpc) is 3.24. The lowest BCUT2D eigenvalue weighted by Gasteiger charge is -2.20. The molecule has 1 aromatic rings. The van der Waals surface area contributed by atoms with Crippen LogP contribution in [0.15, 0.2) is 0 Å². The highest BCUT2D eigenvalue weighted by atomic mass is 16.5. The smallest absolute Gasteiger partial charge is 0.157 e. The number of methoxy groups -OCH3 is 1. The topological polar surface area (TPSA) is 47.0 Å². The van der Waals surface area contributed by atoms with E-state index in [2.05, 4.69) is 33.0 Å². The third-order valence-corrected chi connectivity index (χ3v) is 4.27. The maximum atomic E-state index is 5.61. The van der Waals surface area contributed by atoms with Crippen molar-refractivity contribution in [2.75, 3.05) is 20.2 Å². The summed E-state index contributed by atoms with van der Waals surface area (Å²) < 4.78 is 5.61. The van der Waals surface area contributed by atoms with Crippen LogP contribution in [0.4, 0.5) is 0 Å². The van der Waals surface area contributed by atoms with E-state index in [1.165, 1.54) is 18.4 Å². The third-order valence-electron chi connectivity index (χ3n) is 4.27. The third kappa shape index (κ3) is 4.01. The van der Waals surface area contributed by atoms with Crippen LogP contribution in [0.25, 0.3) is 0 Å². The molecule has 1 N–H and O–H groups in total. The highest BCUT2D eigenvalue weighted by Crippen LogP contribution is 2.42. The Hall–Kier alpha value is -1.00. The summed E-state index contributed by atoms with van der Waals surface area (Å²) >= 11 is 0. The van der Waals surface area contributed by atoms with Crippen molar-refractivity contribution in [2.24, 2.45) is 5.92 Å². The molecule has 0 spiro atoms. The second kappa shape index (κ2) is 7.32. The minimum Gasteiger partial charge on any atom is -0.373 e. The highest BCUT2D eigenvalue weighted by Gasteiger charge is 2.35. The molecule has 4 nitrogen and oxygen atoms in total. The van der Waals surface area contributed by atoms with Crippen LogP contribution in [0, 0.1) is 19.8 Å². The summed E-state index contributed by atoms with van der Waals surface area (Å²) in [6.07, 6.45) is 3.71. The Balaban J connectivity index is 2.16. The molecule has 0 radical (unpaired) electrons. The van der Waals surface area contributed by atoms with Gasteiger partial charge in [-0.15, -0.1) is 0 Å². The van der Waals surface area contributed by atoms with Crippen LogP contribution in [0.2, 0.25) is 0 Å². The van der Waals surface area contributed by atoms with Crippen LogP contribution < -0.4 is 5.32 Å². The number of aromatic nitrogens is 2. The van der Waals surface area contributed by atoms with Crippen LogP contribution in [0.5, 0.6) is 0 Å². The second-order valence-electron chi connectivity index (χ2n) is 6.27. The van der Waals surface area contributed by atoms with Gasteiger partial charge in [0, 0.05) is 25.0 Å². The van der Waals surface area contributed by atoms with E-state index in [0.717, 1.165) is 36.7 Å². The lowest BCUT2D eigenvalue weighted by Crippen LogP contribution is -2.23. The van der Waals surface area contributed by atoms with E-state index >= 15 is 0 Å². The molecule has 21 heavy (non-hydrogen) atoms. The minimum absolute atomic E-state index is 0.0740. The van der Waals surface area contributed by atoms with E-state index in [-0.39, 0.29) is 6.10 Å². The molecular formula is C17H29N3O. The van der Waals surface area contributed by atoms with Crippen molar-refractivity contribution in [3.8, 4) is 0 Å². The highest BCUT2D eigenvalue weighted by molar-refractivity contribution is 5.29. The van der Waals surface area contributed by atoms with E-state index in [4.69, 9.17) is 14.7 Å². The van der Waals surface area contributed by atoms with Crippen molar-refractivity contribution < 1.29 is 4.74 Å². The van der Waals surface area contributed by atoms with E-state index in [1.807, 2.05) is 0 Å². The fourth-order valence-electron chi connectivity index (χ4n) is 3.10. The van der Waals surface area contributed by atoms with Gasteiger partial charge >= 0.3 is 0 Å². The Bertz CT molecular complexity index is 448. The van der Waals surface area contributed by atoms with Crippen molar-refractivity contribution in [3.63, 3.8) is 0 Å². The first kappa shape index (κ1) is 16.4. The maximum absolute atomic E-state index is 5.61. The molecular weight excluding hydrogens is 262 g/mol. The van der Waals surface area contributed by atoms with Crippen LogP contribution >= 0.6 is 0 Å². The number of aryl methyl sites for hydroxylation is 2. The lowest BCUT2D eigenvalue weighted by atomic mass is 9.97. The summed E-state index contributed by atoms with van der Waals surface area (Å²) in [5.41, 5.74) is 3.49. The van der Waals surface area contributed by atoms with Crippen molar-refractivity contribution in [1.29, 1.82) is 0 Å². The summed E-state index contributed by atoms with van der Waals surface area (Å²) in [5, 5.41) is 3.48. The van der Waals surface area contributed by atoms with E-state index in [0.29, 0.717) is 11.8 Å². The number of hydrogen-bond acceptors (Lipinski definition) is 4. The molecule has 0 bridgehead atoms. The lowest BCUT2D eigenvalue weighted by molar-refractivity contribution is 0.0768. The van der Waals surface area contributed by atoms with Crippen molar-refractivity contribution in [2.45, 2.75) is 59.0 Å². The van der Waals surface area contributed by atoms with Crippen molar-refractivity contribution in [1.82, 2.24) is 15.3 Å². The SMILES string of the molecule is CCCNCC(C)c1c(C)nc(C(OC)C2CC2)nc1C. The molecule has 1 fully saturated rings. The van der Waals surface area contributed by atoms with E-state index in [1.54, 1.807) is 7.11 Å². The molecule has 2 rings (SSSR count). The molecule has 4 heteroatoms. The molecule has 2 atom stereocenters.